The van der Waals surface area contributed by atoms with Crippen molar-refractivity contribution in [2.45, 2.75) is 57.1 Å². The lowest BCUT2D eigenvalue weighted by atomic mass is 9.79. The van der Waals surface area contributed by atoms with Gasteiger partial charge < -0.3 is 21.5 Å². The Morgan fingerprint density at radius 2 is 2.17 bits per heavy atom. The lowest BCUT2D eigenvalue weighted by Gasteiger charge is -2.34. The van der Waals surface area contributed by atoms with E-state index in [9.17, 15) is 4.79 Å². The van der Waals surface area contributed by atoms with Crippen LogP contribution in [0.2, 0.25) is 0 Å². The van der Waals surface area contributed by atoms with Crippen molar-refractivity contribution in [3.8, 4) is 5.75 Å². The molecule has 23 heavy (non-hydrogen) atoms. The van der Waals surface area contributed by atoms with Crippen LogP contribution in [-0.4, -0.2) is 24.0 Å². The van der Waals surface area contributed by atoms with Crippen LogP contribution in [0.5, 0.6) is 5.75 Å². The highest BCUT2D eigenvalue weighted by atomic mass is 16.5. The van der Waals surface area contributed by atoms with Gasteiger partial charge in [0, 0.05) is 12.0 Å². The molecule has 1 heterocycles. The van der Waals surface area contributed by atoms with Gasteiger partial charge in [0.15, 0.2) is 6.10 Å². The van der Waals surface area contributed by atoms with Crippen LogP contribution in [0.4, 0.5) is 10.5 Å². The topological polar surface area (TPSA) is 103 Å². The summed E-state index contributed by atoms with van der Waals surface area (Å²) in [6, 6.07) is 5.52. The number of amidine groups is 1. The predicted molar refractivity (Wildman–Crippen MR) is 90.1 cm³/mol. The Morgan fingerprint density at radius 1 is 1.39 bits per heavy atom. The van der Waals surface area contributed by atoms with E-state index < -0.39 is 6.03 Å². The Labute approximate surface area is 136 Å². The summed E-state index contributed by atoms with van der Waals surface area (Å²) in [7, 11) is 0. The van der Waals surface area contributed by atoms with Crippen LogP contribution in [-0.2, 0) is 0 Å². The SMILES string of the molecule is CCC1Oc2cccc(C3CCCCC3NC(N)=O)c2N=C1N. The number of hydrogen-bond acceptors (Lipinski definition) is 4. The molecular formula is C17H24N4O2. The number of carbonyl (C=O) groups excluding carboxylic acids is 1. The second-order valence-electron chi connectivity index (χ2n) is 6.25. The first-order valence-corrected chi connectivity index (χ1v) is 8.29. The Bertz CT molecular complexity index is 629. The minimum Gasteiger partial charge on any atom is -0.480 e. The zero-order chi connectivity index (χ0) is 16.4. The standard InChI is InChI=1S/C17H24N4O2/c1-2-13-16(18)21-15-11(7-5-9-14(15)23-13)10-6-3-4-8-12(10)20-17(19)22/h5,7,9-10,12-13H,2-4,6,8H2,1H3,(H2,18,21)(H3,19,20,22). The molecule has 1 fully saturated rings. The lowest BCUT2D eigenvalue weighted by molar-refractivity contribution is 0.236. The minimum atomic E-state index is -0.475. The Balaban J connectivity index is 1.97. The summed E-state index contributed by atoms with van der Waals surface area (Å²) in [5.74, 6) is 1.47. The van der Waals surface area contributed by atoms with Gasteiger partial charge in [0.1, 0.15) is 17.3 Å². The van der Waals surface area contributed by atoms with Crippen molar-refractivity contribution in [3.05, 3.63) is 23.8 Å². The maximum Gasteiger partial charge on any atom is 0.312 e. The van der Waals surface area contributed by atoms with E-state index in [1.54, 1.807) is 0 Å². The third-order valence-electron chi connectivity index (χ3n) is 4.73. The Kier molecular flexibility index (Phi) is 4.41. The van der Waals surface area contributed by atoms with E-state index in [-0.39, 0.29) is 18.1 Å². The van der Waals surface area contributed by atoms with Gasteiger partial charge in [0.05, 0.1) is 0 Å². The van der Waals surface area contributed by atoms with Gasteiger partial charge in [-0.05, 0) is 30.9 Å². The average Bonchev–Trinajstić information content (AvgIpc) is 2.54. The molecular weight excluding hydrogens is 292 g/mol. The molecule has 1 saturated carbocycles. The number of benzene rings is 1. The number of ether oxygens (including phenoxy) is 1. The van der Waals surface area contributed by atoms with Crippen LogP contribution in [0.1, 0.15) is 50.5 Å². The minimum absolute atomic E-state index is 0.0353. The molecule has 3 unspecified atom stereocenters. The summed E-state index contributed by atoms with van der Waals surface area (Å²) in [4.78, 5) is 15.9. The van der Waals surface area contributed by atoms with Crippen LogP contribution in [0.3, 0.4) is 0 Å². The summed E-state index contributed by atoms with van der Waals surface area (Å²) in [6.07, 6.45) is 4.76. The molecule has 1 aliphatic carbocycles. The van der Waals surface area contributed by atoms with Gasteiger partial charge in [0.25, 0.3) is 0 Å². The number of nitrogens with two attached hydrogens (primary N) is 2. The van der Waals surface area contributed by atoms with Gasteiger partial charge in [-0.25, -0.2) is 9.79 Å². The maximum absolute atomic E-state index is 11.3. The van der Waals surface area contributed by atoms with Crippen molar-refractivity contribution < 1.29 is 9.53 Å². The fourth-order valence-electron chi connectivity index (χ4n) is 3.62. The zero-order valence-corrected chi connectivity index (χ0v) is 13.4. The molecule has 5 N–H and O–H groups in total. The summed E-state index contributed by atoms with van der Waals surface area (Å²) < 4.78 is 5.97. The summed E-state index contributed by atoms with van der Waals surface area (Å²) in [5.41, 5.74) is 13.3. The van der Waals surface area contributed by atoms with E-state index in [2.05, 4.69) is 16.4 Å². The second-order valence-corrected chi connectivity index (χ2v) is 6.25. The van der Waals surface area contributed by atoms with E-state index in [1.807, 2.05) is 19.1 Å². The highest BCUT2D eigenvalue weighted by Crippen LogP contribution is 2.43. The molecule has 2 amide bonds. The van der Waals surface area contributed by atoms with Gasteiger partial charge in [0.2, 0.25) is 0 Å². The third-order valence-corrected chi connectivity index (χ3v) is 4.73. The molecule has 0 bridgehead atoms. The number of amides is 2. The van der Waals surface area contributed by atoms with Crippen molar-refractivity contribution in [1.29, 1.82) is 0 Å². The molecule has 0 radical (unpaired) electrons. The molecule has 124 valence electrons. The van der Waals surface area contributed by atoms with Crippen molar-refractivity contribution >= 4 is 17.6 Å². The number of aliphatic imine (C=N–C) groups is 1. The van der Waals surface area contributed by atoms with Crippen molar-refractivity contribution in [2.24, 2.45) is 16.5 Å². The number of nitrogens with zero attached hydrogens (tertiary/aromatic N) is 1. The number of primary amides is 1. The van der Waals surface area contributed by atoms with Crippen LogP contribution in [0.25, 0.3) is 0 Å². The Hall–Kier alpha value is -2.24. The first-order chi connectivity index (χ1) is 11.1. The van der Waals surface area contributed by atoms with Crippen molar-refractivity contribution in [2.75, 3.05) is 0 Å². The summed E-state index contributed by atoms with van der Waals surface area (Å²) in [6.45, 7) is 2.02. The molecule has 1 aromatic carbocycles. The van der Waals surface area contributed by atoms with Gasteiger partial charge in [-0.2, -0.15) is 0 Å². The monoisotopic (exact) mass is 316 g/mol. The highest BCUT2D eigenvalue weighted by molar-refractivity contribution is 5.90. The van der Waals surface area contributed by atoms with E-state index in [4.69, 9.17) is 16.2 Å². The molecule has 0 saturated heterocycles. The maximum atomic E-state index is 11.3. The quantitative estimate of drug-likeness (QED) is 0.798. The first kappa shape index (κ1) is 15.6. The molecule has 3 rings (SSSR count). The van der Waals surface area contributed by atoms with Crippen LogP contribution < -0.4 is 21.5 Å². The summed E-state index contributed by atoms with van der Waals surface area (Å²) >= 11 is 0. The van der Waals surface area contributed by atoms with E-state index >= 15 is 0 Å². The highest BCUT2D eigenvalue weighted by Gasteiger charge is 2.32. The third kappa shape index (κ3) is 3.11. The number of nitrogens with one attached hydrogen (secondary N) is 1. The number of fused-ring (bicyclic) bond motifs is 1. The van der Waals surface area contributed by atoms with Crippen LogP contribution >= 0.6 is 0 Å². The van der Waals surface area contributed by atoms with Gasteiger partial charge in [-0.3, -0.25) is 0 Å². The zero-order valence-electron chi connectivity index (χ0n) is 13.4. The second kappa shape index (κ2) is 6.48. The predicted octanol–water partition coefficient (Wildman–Crippen LogP) is 2.54. The van der Waals surface area contributed by atoms with E-state index in [0.717, 1.165) is 49.1 Å². The molecule has 6 heteroatoms. The fourth-order valence-corrected chi connectivity index (χ4v) is 3.62. The largest absolute Gasteiger partial charge is 0.480 e. The molecule has 0 aromatic heterocycles. The fraction of sp³-hybridized carbons (Fsp3) is 0.529. The van der Waals surface area contributed by atoms with Crippen molar-refractivity contribution in [3.63, 3.8) is 0 Å². The number of carbonyl (C=O) groups is 1. The van der Waals surface area contributed by atoms with E-state index in [0.29, 0.717) is 5.84 Å². The van der Waals surface area contributed by atoms with Gasteiger partial charge in [-0.15, -0.1) is 0 Å². The molecule has 1 aromatic rings. The molecule has 1 aliphatic heterocycles. The van der Waals surface area contributed by atoms with Gasteiger partial charge >= 0.3 is 6.03 Å². The number of para-hydroxylation sites is 1. The smallest absolute Gasteiger partial charge is 0.312 e. The van der Waals surface area contributed by atoms with Gasteiger partial charge in [-0.1, -0.05) is 31.9 Å². The molecule has 2 aliphatic rings. The van der Waals surface area contributed by atoms with Crippen LogP contribution in [0, 0.1) is 0 Å². The number of urea groups is 1. The number of hydrogen-bond donors (Lipinski definition) is 3. The van der Waals surface area contributed by atoms with Crippen molar-refractivity contribution in [1.82, 2.24) is 5.32 Å². The van der Waals surface area contributed by atoms with E-state index in [1.165, 1.54) is 0 Å². The Morgan fingerprint density at radius 3 is 2.91 bits per heavy atom. The molecule has 6 nitrogen and oxygen atoms in total. The number of rotatable bonds is 3. The van der Waals surface area contributed by atoms with Crippen LogP contribution in [0.15, 0.2) is 23.2 Å². The first-order valence-electron chi connectivity index (χ1n) is 8.29. The summed E-state index contributed by atoms with van der Waals surface area (Å²) in [5, 5.41) is 2.89. The molecule has 3 atom stereocenters. The normalized spacial score (nSPS) is 26.7. The lowest BCUT2D eigenvalue weighted by Crippen LogP contribution is -2.43. The molecule has 0 spiro atoms. The average molecular weight is 316 g/mol.